The average Bonchev–Trinajstić information content (AvgIpc) is 2.47. The van der Waals surface area contributed by atoms with E-state index in [2.05, 4.69) is 0 Å². The Morgan fingerprint density at radius 2 is 1.57 bits per heavy atom. The Morgan fingerprint density at radius 3 is 2.14 bits per heavy atom. The van der Waals surface area contributed by atoms with Gasteiger partial charge in [-0.15, -0.1) is 0 Å². The van der Waals surface area contributed by atoms with Crippen molar-refractivity contribution in [3.8, 4) is 0 Å². The van der Waals surface area contributed by atoms with E-state index in [0.29, 0.717) is 15.2 Å². The molecule has 0 atom stereocenters. The summed E-state index contributed by atoms with van der Waals surface area (Å²) in [6, 6.07) is 14.8. The van der Waals surface area contributed by atoms with Crippen LogP contribution < -0.4 is 0 Å². The van der Waals surface area contributed by atoms with E-state index in [0.717, 1.165) is 5.56 Å². The zero-order chi connectivity index (χ0) is 15.5. The summed E-state index contributed by atoms with van der Waals surface area (Å²) in [5.41, 5.74) is 1.73. The first kappa shape index (κ1) is 15.8. The molecule has 2 aromatic carbocycles. The molecular formula is C17H13F2IO. The molecular weight excluding hydrogens is 385 g/mol. The van der Waals surface area contributed by atoms with E-state index in [1.54, 1.807) is 30.3 Å². The fraction of sp³-hybridized carbons (Fsp3) is 0.118. The predicted octanol–water partition coefficient (Wildman–Crippen LogP) is 5.29. The maximum absolute atomic E-state index is 14.1. The Hall–Kier alpha value is -1.56. The molecule has 0 saturated carbocycles. The molecule has 0 amide bonds. The minimum Gasteiger partial charge on any atom is -0.287 e. The van der Waals surface area contributed by atoms with Gasteiger partial charge in [0.05, 0.1) is 0 Å². The zero-order valence-corrected chi connectivity index (χ0v) is 13.5. The van der Waals surface area contributed by atoms with Crippen LogP contribution in [0.1, 0.15) is 21.5 Å². The van der Waals surface area contributed by atoms with Gasteiger partial charge in [0.25, 0.3) is 0 Å². The van der Waals surface area contributed by atoms with Gasteiger partial charge in [-0.3, -0.25) is 4.79 Å². The molecule has 0 heterocycles. The summed E-state index contributed by atoms with van der Waals surface area (Å²) in [4.78, 5) is 11.9. The fourth-order valence-corrected chi connectivity index (χ4v) is 2.55. The van der Waals surface area contributed by atoms with Crippen molar-refractivity contribution >= 4 is 32.0 Å². The predicted molar refractivity (Wildman–Crippen MR) is 88.9 cm³/mol. The van der Waals surface area contributed by atoms with Gasteiger partial charge in [0, 0.05) is 15.2 Å². The fourth-order valence-electron chi connectivity index (χ4n) is 1.80. The summed E-state index contributed by atoms with van der Waals surface area (Å²) in [7, 11) is 0. The van der Waals surface area contributed by atoms with E-state index in [9.17, 15) is 13.6 Å². The number of ketones is 1. The highest BCUT2D eigenvalue weighted by Gasteiger charge is 2.37. The van der Waals surface area contributed by atoms with E-state index in [4.69, 9.17) is 0 Å². The van der Waals surface area contributed by atoms with Gasteiger partial charge >= 0.3 is 5.92 Å². The van der Waals surface area contributed by atoms with Crippen molar-refractivity contribution in [1.82, 2.24) is 0 Å². The molecule has 4 heteroatoms. The first-order valence-corrected chi connectivity index (χ1v) is 7.41. The molecule has 21 heavy (non-hydrogen) atoms. The normalized spacial score (nSPS) is 12.3. The van der Waals surface area contributed by atoms with E-state index in [-0.39, 0.29) is 5.56 Å². The molecule has 0 unspecified atom stereocenters. The van der Waals surface area contributed by atoms with Crippen molar-refractivity contribution in [2.75, 3.05) is 0 Å². The lowest BCUT2D eigenvalue weighted by atomic mass is 10.0. The van der Waals surface area contributed by atoms with Crippen LogP contribution in [0.25, 0.3) is 3.58 Å². The number of carbonyl (C=O) groups excluding carboxylic acids is 1. The molecule has 2 aromatic rings. The second-order valence-corrected chi connectivity index (χ2v) is 5.84. The van der Waals surface area contributed by atoms with Gasteiger partial charge in [-0.25, -0.2) is 0 Å². The third-order valence-corrected chi connectivity index (χ3v) is 3.91. The summed E-state index contributed by atoms with van der Waals surface area (Å²) in [6.07, 6.45) is 0.716. The van der Waals surface area contributed by atoms with Crippen LogP contribution in [-0.2, 0) is 0 Å². The largest absolute Gasteiger partial charge is 0.329 e. The molecule has 0 aliphatic rings. The molecule has 0 N–H and O–H groups in total. The number of alkyl halides is 2. The van der Waals surface area contributed by atoms with Crippen LogP contribution in [0.4, 0.5) is 8.78 Å². The van der Waals surface area contributed by atoms with Crippen LogP contribution in [0, 0.1) is 6.92 Å². The van der Waals surface area contributed by atoms with Crippen molar-refractivity contribution in [1.29, 1.82) is 0 Å². The molecule has 1 nitrogen and oxygen atoms in total. The maximum atomic E-state index is 14.1. The first-order valence-electron chi connectivity index (χ1n) is 6.33. The highest BCUT2D eigenvalue weighted by molar-refractivity contribution is 14.1. The zero-order valence-electron chi connectivity index (χ0n) is 11.3. The van der Waals surface area contributed by atoms with E-state index >= 15 is 0 Å². The number of hydrogen-bond donors (Lipinski definition) is 0. The topological polar surface area (TPSA) is 17.1 Å². The quantitative estimate of drug-likeness (QED) is 0.506. The lowest BCUT2D eigenvalue weighted by Gasteiger charge is -2.12. The van der Waals surface area contributed by atoms with Crippen LogP contribution in [0.3, 0.4) is 0 Å². The molecule has 2 rings (SSSR count). The smallest absolute Gasteiger partial charge is 0.287 e. The number of halogens is 3. The van der Waals surface area contributed by atoms with Crippen molar-refractivity contribution in [3.63, 3.8) is 0 Å². The summed E-state index contributed by atoms with van der Waals surface area (Å²) >= 11 is 1.83. The number of carbonyl (C=O) groups is 1. The van der Waals surface area contributed by atoms with Gasteiger partial charge in [0.15, 0.2) is 0 Å². The van der Waals surface area contributed by atoms with Crippen molar-refractivity contribution < 1.29 is 13.6 Å². The van der Waals surface area contributed by atoms with Gasteiger partial charge in [0.2, 0.25) is 5.78 Å². The molecule has 108 valence electrons. The van der Waals surface area contributed by atoms with Crippen LogP contribution in [0.5, 0.6) is 0 Å². The molecule has 0 aromatic heterocycles. The Balaban J connectivity index is 2.29. The highest BCUT2D eigenvalue weighted by Crippen LogP contribution is 2.30. The lowest BCUT2D eigenvalue weighted by Crippen LogP contribution is -2.26. The molecule has 0 radical (unpaired) electrons. The standard InChI is InChI=1S/C17H13F2IO/c1-12-7-9-13(10-8-12)15(20)11-17(18,19)16(21)14-5-3-2-4-6-14/h2-11H,1H3. The number of aryl methyl sites for hydroxylation is 1. The van der Waals surface area contributed by atoms with Gasteiger partial charge in [-0.2, -0.15) is 8.78 Å². The minimum absolute atomic E-state index is 0.00635. The molecule has 0 aliphatic carbocycles. The van der Waals surface area contributed by atoms with E-state index in [1.165, 1.54) is 12.1 Å². The minimum atomic E-state index is -3.53. The SMILES string of the molecule is Cc1ccc(C(I)=CC(F)(F)C(=O)c2ccccc2)cc1. The Labute approximate surface area is 135 Å². The van der Waals surface area contributed by atoms with E-state index in [1.807, 2.05) is 41.6 Å². The summed E-state index contributed by atoms with van der Waals surface area (Å²) in [5.74, 6) is -4.72. The molecule has 0 bridgehead atoms. The van der Waals surface area contributed by atoms with Gasteiger partial charge in [-0.1, -0.05) is 60.2 Å². The molecule has 0 spiro atoms. The summed E-state index contributed by atoms with van der Waals surface area (Å²) in [5, 5.41) is 0. The molecule has 0 fully saturated rings. The van der Waals surface area contributed by atoms with Crippen LogP contribution in [0.2, 0.25) is 0 Å². The number of Topliss-reactive ketones (excluding diaryl/α,β-unsaturated/α-hetero) is 1. The van der Waals surface area contributed by atoms with Crippen molar-refractivity contribution in [2.24, 2.45) is 0 Å². The van der Waals surface area contributed by atoms with Gasteiger partial charge in [0.1, 0.15) is 0 Å². The first-order chi connectivity index (χ1) is 9.90. The second-order valence-electron chi connectivity index (χ2n) is 4.68. The monoisotopic (exact) mass is 398 g/mol. The Bertz CT molecular complexity index is 661. The molecule has 0 saturated heterocycles. The Kier molecular flexibility index (Phi) is 4.88. The number of rotatable bonds is 4. The number of benzene rings is 2. The van der Waals surface area contributed by atoms with Crippen molar-refractivity contribution in [3.05, 3.63) is 77.4 Å². The average molecular weight is 398 g/mol. The summed E-state index contributed by atoms with van der Waals surface area (Å²) in [6.45, 7) is 1.92. The third-order valence-electron chi connectivity index (χ3n) is 2.97. The van der Waals surface area contributed by atoms with Crippen molar-refractivity contribution in [2.45, 2.75) is 12.8 Å². The third kappa shape index (κ3) is 3.97. The van der Waals surface area contributed by atoms with Crippen LogP contribution >= 0.6 is 22.6 Å². The van der Waals surface area contributed by atoms with Crippen LogP contribution in [-0.4, -0.2) is 11.7 Å². The van der Waals surface area contributed by atoms with Gasteiger partial charge in [-0.05, 0) is 35.1 Å². The lowest BCUT2D eigenvalue weighted by molar-refractivity contribution is 0.0385. The number of hydrogen-bond acceptors (Lipinski definition) is 1. The van der Waals surface area contributed by atoms with E-state index < -0.39 is 11.7 Å². The second kappa shape index (κ2) is 6.47. The number of allylic oxidation sites excluding steroid dienone is 1. The van der Waals surface area contributed by atoms with Crippen LogP contribution in [0.15, 0.2) is 60.7 Å². The molecule has 0 aliphatic heterocycles. The highest BCUT2D eigenvalue weighted by atomic mass is 127. The van der Waals surface area contributed by atoms with Gasteiger partial charge < -0.3 is 0 Å². The maximum Gasteiger partial charge on any atom is 0.329 e. The Morgan fingerprint density at radius 1 is 1.00 bits per heavy atom. The summed E-state index contributed by atoms with van der Waals surface area (Å²) < 4.78 is 28.5.